The van der Waals surface area contributed by atoms with Crippen LogP contribution in [0.15, 0.2) is 36.5 Å². The SMILES string of the molecule is CCCCCCC(NCC)c1cccc2ncccc12. The van der Waals surface area contributed by atoms with Gasteiger partial charge in [0.05, 0.1) is 5.52 Å². The van der Waals surface area contributed by atoms with Crippen LogP contribution in [-0.2, 0) is 0 Å². The third-order valence-electron chi connectivity index (χ3n) is 3.85. The van der Waals surface area contributed by atoms with Crippen molar-refractivity contribution in [2.45, 2.75) is 52.0 Å². The predicted molar refractivity (Wildman–Crippen MR) is 86.9 cm³/mol. The molecular formula is C18H26N2. The molecule has 0 aliphatic heterocycles. The van der Waals surface area contributed by atoms with Crippen molar-refractivity contribution < 1.29 is 0 Å². The van der Waals surface area contributed by atoms with Crippen LogP contribution in [0.3, 0.4) is 0 Å². The maximum absolute atomic E-state index is 4.47. The maximum atomic E-state index is 4.47. The molecule has 1 aromatic heterocycles. The van der Waals surface area contributed by atoms with E-state index in [2.05, 4.69) is 48.4 Å². The van der Waals surface area contributed by atoms with Gasteiger partial charge in [-0.3, -0.25) is 4.98 Å². The number of unbranched alkanes of at least 4 members (excludes halogenated alkanes) is 3. The Balaban J connectivity index is 2.18. The maximum Gasteiger partial charge on any atom is 0.0705 e. The molecule has 2 nitrogen and oxygen atoms in total. The van der Waals surface area contributed by atoms with Gasteiger partial charge in [0.2, 0.25) is 0 Å². The number of benzene rings is 1. The highest BCUT2D eigenvalue weighted by molar-refractivity contribution is 5.82. The first kappa shape index (κ1) is 15.0. The second kappa shape index (κ2) is 8.01. The highest BCUT2D eigenvalue weighted by Crippen LogP contribution is 2.26. The van der Waals surface area contributed by atoms with Crippen molar-refractivity contribution in [1.29, 1.82) is 0 Å². The lowest BCUT2D eigenvalue weighted by Crippen LogP contribution is -2.21. The Kier molecular flexibility index (Phi) is 6.00. The van der Waals surface area contributed by atoms with Crippen molar-refractivity contribution in [2.24, 2.45) is 0 Å². The molecule has 0 spiro atoms. The Hall–Kier alpha value is -1.41. The smallest absolute Gasteiger partial charge is 0.0705 e. The first-order chi connectivity index (χ1) is 9.86. The molecule has 2 aromatic rings. The lowest BCUT2D eigenvalue weighted by Gasteiger charge is -2.20. The summed E-state index contributed by atoms with van der Waals surface area (Å²) in [6.07, 6.45) is 8.35. The topological polar surface area (TPSA) is 24.9 Å². The monoisotopic (exact) mass is 270 g/mol. The average Bonchev–Trinajstić information content (AvgIpc) is 2.50. The molecule has 0 saturated heterocycles. The summed E-state index contributed by atoms with van der Waals surface area (Å²) in [5, 5.41) is 4.93. The van der Waals surface area contributed by atoms with E-state index in [4.69, 9.17) is 0 Å². The molecule has 1 atom stereocenters. The summed E-state index contributed by atoms with van der Waals surface area (Å²) in [5.74, 6) is 0. The zero-order valence-electron chi connectivity index (χ0n) is 12.7. The quantitative estimate of drug-likeness (QED) is 0.693. The van der Waals surface area contributed by atoms with Gasteiger partial charge in [-0.2, -0.15) is 0 Å². The van der Waals surface area contributed by atoms with Crippen LogP contribution in [0.25, 0.3) is 10.9 Å². The fraction of sp³-hybridized carbons (Fsp3) is 0.500. The number of nitrogens with one attached hydrogen (secondary N) is 1. The first-order valence-corrected chi connectivity index (χ1v) is 7.93. The molecule has 1 heterocycles. The minimum absolute atomic E-state index is 0.449. The Morgan fingerprint density at radius 3 is 2.75 bits per heavy atom. The van der Waals surface area contributed by atoms with Crippen molar-refractivity contribution in [3.05, 3.63) is 42.1 Å². The molecule has 1 unspecified atom stereocenters. The number of aromatic nitrogens is 1. The predicted octanol–water partition coefficient (Wildman–Crippen LogP) is 4.86. The van der Waals surface area contributed by atoms with Gasteiger partial charge >= 0.3 is 0 Å². The Morgan fingerprint density at radius 1 is 1.05 bits per heavy atom. The van der Waals surface area contributed by atoms with E-state index in [-0.39, 0.29) is 0 Å². The van der Waals surface area contributed by atoms with Gasteiger partial charge in [-0.25, -0.2) is 0 Å². The van der Waals surface area contributed by atoms with E-state index >= 15 is 0 Å². The molecule has 0 radical (unpaired) electrons. The zero-order valence-corrected chi connectivity index (χ0v) is 12.7. The van der Waals surface area contributed by atoms with Crippen LogP contribution in [0.2, 0.25) is 0 Å². The molecule has 108 valence electrons. The largest absolute Gasteiger partial charge is 0.310 e. The molecule has 0 aliphatic carbocycles. The number of hydrogen-bond acceptors (Lipinski definition) is 2. The van der Waals surface area contributed by atoms with Gasteiger partial charge in [0, 0.05) is 17.6 Å². The Morgan fingerprint density at radius 2 is 1.95 bits per heavy atom. The van der Waals surface area contributed by atoms with E-state index in [9.17, 15) is 0 Å². The number of rotatable bonds is 8. The Labute approximate surface area is 122 Å². The molecule has 1 aromatic carbocycles. The van der Waals surface area contributed by atoms with Gasteiger partial charge in [-0.15, -0.1) is 0 Å². The van der Waals surface area contributed by atoms with Crippen molar-refractivity contribution in [3.63, 3.8) is 0 Å². The lowest BCUT2D eigenvalue weighted by molar-refractivity contribution is 0.484. The minimum Gasteiger partial charge on any atom is -0.310 e. The summed E-state index contributed by atoms with van der Waals surface area (Å²) in [7, 11) is 0. The lowest BCUT2D eigenvalue weighted by atomic mass is 9.96. The third kappa shape index (κ3) is 3.80. The molecule has 0 aliphatic rings. The molecule has 20 heavy (non-hydrogen) atoms. The molecule has 0 bridgehead atoms. The fourth-order valence-corrected chi connectivity index (χ4v) is 2.82. The number of hydrogen-bond donors (Lipinski definition) is 1. The first-order valence-electron chi connectivity index (χ1n) is 7.93. The van der Waals surface area contributed by atoms with Gasteiger partial charge in [0.15, 0.2) is 0 Å². The Bertz CT molecular complexity index is 516. The molecule has 0 fully saturated rings. The summed E-state index contributed by atoms with van der Waals surface area (Å²) < 4.78 is 0. The minimum atomic E-state index is 0.449. The van der Waals surface area contributed by atoms with Gasteiger partial charge in [0.25, 0.3) is 0 Å². The van der Waals surface area contributed by atoms with Crippen molar-refractivity contribution in [3.8, 4) is 0 Å². The summed E-state index contributed by atoms with van der Waals surface area (Å²) in [4.78, 5) is 4.47. The summed E-state index contributed by atoms with van der Waals surface area (Å²) in [6, 6.07) is 11.1. The second-order valence-electron chi connectivity index (χ2n) is 5.38. The molecule has 0 amide bonds. The highest BCUT2D eigenvalue weighted by atomic mass is 14.9. The van der Waals surface area contributed by atoms with Gasteiger partial charge in [-0.1, -0.05) is 57.7 Å². The number of nitrogens with zero attached hydrogens (tertiary/aromatic N) is 1. The average molecular weight is 270 g/mol. The van der Waals surface area contributed by atoms with Crippen LogP contribution in [0, 0.1) is 0 Å². The molecular weight excluding hydrogens is 244 g/mol. The summed E-state index contributed by atoms with van der Waals surface area (Å²) in [5.41, 5.74) is 2.50. The summed E-state index contributed by atoms with van der Waals surface area (Å²) >= 11 is 0. The van der Waals surface area contributed by atoms with Crippen molar-refractivity contribution in [1.82, 2.24) is 10.3 Å². The van der Waals surface area contributed by atoms with Crippen LogP contribution in [0.5, 0.6) is 0 Å². The van der Waals surface area contributed by atoms with E-state index in [1.807, 2.05) is 12.3 Å². The van der Waals surface area contributed by atoms with Gasteiger partial charge in [-0.05, 0) is 30.7 Å². The molecule has 2 rings (SSSR count). The van der Waals surface area contributed by atoms with Crippen molar-refractivity contribution >= 4 is 10.9 Å². The van der Waals surface area contributed by atoms with Crippen LogP contribution in [-0.4, -0.2) is 11.5 Å². The molecule has 0 saturated carbocycles. The third-order valence-corrected chi connectivity index (χ3v) is 3.85. The van der Waals surface area contributed by atoms with E-state index in [0.717, 1.165) is 12.1 Å². The van der Waals surface area contributed by atoms with E-state index in [1.54, 1.807) is 0 Å². The number of fused-ring (bicyclic) bond motifs is 1. The standard InChI is InChI=1S/C18H26N2/c1-3-5-6-7-12-17(19-4-2)15-10-8-13-18-16(15)11-9-14-20-18/h8-11,13-14,17,19H,3-7,12H2,1-2H3. The highest BCUT2D eigenvalue weighted by Gasteiger charge is 2.13. The van der Waals surface area contributed by atoms with E-state index < -0.39 is 0 Å². The fourth-order valence-electron chi connectivity index (χ4n) is 2.82. The zero-order chi connectivity index (χ0) is 14.2. The normalized spacial score (nSPS) is 12.7. The van der Waals surface area contributed by atoms with Gasteiger partial charge < -0.3 is 5.32 Å². The van der Waals surface area contributed by atoms with Crippen molar-refractivity contribution in [2.75, 3.05) is 6.54 Å². The van der Waals surface area contributed by atoms with Gasteiger partial charge in [0.1, 0.15) is 0 Å². The van der Waals surface area contributed by atoms with Crippen LogP contribution in [0.4, 0.5) is 0 Å². The van der Waals surface area contributed by atoms with E-state index in [1.165, 1.54) is 43.1 Å². The number of pyridine rings is 1. The van der Waals surface area contributed by atoms with Crippen LogP contribution in [0.1, 0.15) is 57.6 Å². The van der Waals surface area contributed by atoms with Crippen LogP contribution >= 0.6 is 0 Å². The molecule has 1 N–H and O–H groups in total. The second-order valence-corrected chi connectivity index (χ2v) is 5.38. The molecule has 2 heteroatoms. The summed E-state index contributed by atoms with van der Waals surface area (Å²) in [6.45, 7) is 5.45. The van der Waals surface area contributed by atoms with Crippen LogP contribution < -0.4 is 5.32 Å². The van der Waals surface area contributed by atoms with E-state index in [0.29, 0.717) is 6.04 Å².